The molecule has 0 aromatic carbocycles. The number of hydrogen-bond donors (Lipinski definition) is 1. The molecule has 4 heteroatoms. The smallest absolute Gasteiger partial charge is 0.260 e. The summed E-state index contributed by atoms with van der Waals surface area (Å²) in [5.74, 6) is -0.799. The first kappa shape index (κ1) is 8.43. The monoisotopic (exact) mass is 163 g/mol. The largest absolute Gasteiger partial charge is 0.350 e. The number of hydrogen-bond acceptors (Lipinski definition) is 1. The van der Waals surface area contributed by atoms with Crippen LogP contribution in [0.1, 0.15) is 19.8 Å². The summed E-state index contributed by atoms with van der Waals surface area (Å²) in [6.45, 7) is 0.615. The van der Waals surface area contributed by atoms with Crippen molar-refractivity contribution < 1.29 is 13.6 Å². The average molecular weight is 163 g/mol. The molecule has 1 amide bonds. The first-order valence-corrected chi connectivity index (χ1v) is 3.68. The van der Waals surface area contributed by atoms with Crippen molar-refractivity contribution in [2.24, 2.45) is 0 Å². The molecule has 1 unspecified atom stereocenters. The summed E-state index contributed by atoms with van der Waals surface area (Å²) < 4.78 is 25.1. The van der Waals surface area contributed by atoms with E-state index >= 15 is 0 Å². The summed E-state index contributed by atoms with van der Waals surface area (Å²) in [5.41, 5.74) is -2.25. The second-order valence-corrected chi connectivity index (χ2v) is 2.88. The predicted molar refractivity (Wildman–Crippen MR) is 36.7 cm³/mol. The Morgan fingerprint density at radius 3 is 2.73 bits per heavy atom. The molecule has 1 heterocycles. The molecule has 0 aliphatic carbocycles. The molecule has 0 spiro atoms. The third kappa shape index (κ3) is 1.34. The lowest BCUT2D eigenvalue weighted by atomic mass is 10.0. The first-order chi connectivity index (χ1) is 5.12. The summed E-state index contributed by atoms with van der Waals surface area (Å²) in [4.78, 5) is 10.8. The van der Waals surface area contributed by atoms with E-state index in [0.717, 1.165) is 0 Å². The summed E-state index contributed by atoms with van der Waals surface area (Å²) in [7, 11) is 0. The molecular formula is C7H11F2NO. The number of halogens is 2. The number of rotatable bonds is 2. The molecule has 0 saturated carbocycles. The van der Waals surface area contributed by atoms with E-state index in [1.165, 1.54) is 0 Å². The summed E-state index contributed by atoms with van der Waals surface area (Å²) in [6, 6.07) is -0.191. The fraction of sp³-hybridized carbons (Fsp3) is 0.857. The predicted octanol–water partition coefficient (Wildman–Crippen LogP) is 0.963. The minimum absolute atomic E-state index is 0.0289. The van der Waals surface area contributed by atoms with Gasteiger partial charge in [-0.05, 0) is 6.42 Å². The molecule has 0 bridgehead atoms. The lowest BCUT2D eigenvalue weighted by molar-refractivity contribution is -0.130. The van der Waals surface area contributed by atoms with Gasteiger partial charge < -0.3 is 5.32 Å². The van der Waals surface area contributed by atoms with Crippen LogP contribution in [0.2, 0.25) is 0 Å². The summed E-state index contributed by atoms with van der Waals surface area (Å²) in [6.07, 6.45) is 0.621. The van der Waals surface area contributed by atoms with Crippen LogP contribution in [0, 0.1) is 0 Å². The van der Waals surface area contributed by atoms with E-state index in [2.05, 4.69) is 5.32 Å². The molecule has 1 rings (SSSR count). The Morgan fingerprint density at radius 1 is 1.82 bits per heavy atom. The highest BCUT2D eigenvalue weighted by Gasteiger charge is 2.47. The van der Waals surface area contributed by atoms with Crippen molar-refractivity contribution in [2.75, 3.05) is 6.67 Å². The molecule has 1 aliphatic rings. The maximum Gasteiger partial charge on any atom is 0.260 e. The van der Waals surface area contributed by atoms with Crippen LogP contribution in [0.5, 0.6) is 0 Å². The Morgan fingerprint density at radius 2 is 2.45 bits per heavy atom. The Labute approximate surface area is 64.0 Å². The maximum atomic E-state index is 13.1. The Kier molecular flexibility index (Phi) is 2.11. The lowest BCUT2D eigenvalue weighted by Gasteiger charge is -2.09. The van der Waals surface area contributed by atoms with E-state index in [9.17, 15) is 13.6 Å². The van der Waals surface area contributed by atoms with Gasteiger partial charge in [0.1, 0.15) is 6.67 Å². The van der Waals surface area contributed by atoms with Crippen molar-refractivity contribution in [3.05, 3.63) is 0 Å². The highest BCUT2D eigenvalue weighted by atomic mass is 19.2. The van der Waals surface area contributed by atoms with Gasteiger partial charge in [0.25, 0.3) is 5.91 Å². The average Bonchev–Trinajstić information content (AvgIpc) is 2.29. The number of amides is 1. The minimum atomic E-state index is -2.25. The molecule has 1 saturated heterocycles. The zero-order valence-corrected chi connectivity index (χ0v) is 6.36. The van der Waals surface area contributed by atoms with Gasteiger partial charge in [0, 0.05) is 12.5 Å². The van der Waals surface area contributed by atoms with E-state index < -0.39 is 18.3 Å². The number of alkyl halides is 2. The Balaban J connectivity index is 2.65. The van der Waals surface area contributed by atoms with Crippen molar-refractivity contribution in [3.8, 4) is 0 Å². The SMILES string of the molecule is CC[C@@H]1CC(F)(CF)C(=O)N1. The van der Waals surface area contributed by atoms with E-state index in [4.69, 9.17) is 0 Å². The van der Waals surface area contributed by atoms with Crippen molar-refractivity contribution in [1.82, 2.24) is 5.32 Å². The van der Waals surface area contributed by atoms with Crippen molar-refractivity contribution in [3.63, 3.8) is 0 Å². The van der Waals surface area contributed by atoms with Crippen LogP contribution < -0.4 is 5.32 Å². The van der Waals surface area contributed by atoms with E-state index in [1.807, 2.05) is 6.92 Å². The molecule has 0 aromatic heterocycles. The number of carbonyl (C=O) groups is 1. The first-order valence-electron chi connectivity index (χ1n) is 3.68. The fourth-order valence-corrected chi connectivity index (χ4v) is 1.21. The molecule has 1 fully saturated rings. The van der Waals surface area contributed by atoms with Gasteiger partial charge in [-0.1, -0.05) is 6.92 Å². The van der Waals surface area contributed by atoms with Gasteiger partial charge in [0.15, 0.2) is 0 Å². The van der Waals surface area contributed by atoms with Crippen molar-refractivity contribution in [1.29, 1.82) is 0 Å². The van der Waals surface area contributed by atoms with E-state index in [-0.39, 0.29) is 12.5 Å². The van der Waals surface area contributed by atoms with Gasteiger partial charge in [0.05, 0.1) is 0 Å². The van der Waals surface area contributed by atoms with Crippen LogP contribution in [0.4, 0.5) is 8.78 Å². The molecule has 1 N–H and O–H groups in total. The zero-order chi connectivity index (χ0) is 8.48. The molecule has 0 aromatic rings. The summed E-state index contributed by atoms with van der Waals surface area (Å²) in [5, 5.41) is 2.39. The van der Waals surface area contributed by atoms with Gasteiger partial charge in [-0.3, -0.25) is 4.79 Å². The topological polar surface area (TPSA) is 29.1 Å². The number of nitrogens with one attached hydrogen (secondary N) is 1. The number of carbonyl (C=O) groups excluding carboxylic acids is 1. The van der Waals surface area contributed by atoms with Crippen LogP contribution in [0.25, 0.3) is 0 Å². The van der Waals surface area contributed by atoms with Crippen LogP contribution in [-0.4, -0.2) is 24.3 Å². The van der Waals surface area contributed by atoms with Gasteiger partial charge in [0.2, 0.25) is 5.67 Å². The third-order valence-corrected chi connectivity index (χ3v) is 2.02. The molecule has 11 heavy (non-hydrogen) atoms. The quantitative estimate of drug-likeness (QED) is 0.645. The van der Waals surface area contributed by atoms with Crippen LogP contribution >= 0.6 is 0 Å². The second kappa shape index (κ2) is 2.75. The maximum absolute atomic E-state index is 13.1. The Bertz CT molecular complexity index is 174. The van der Waals surface area contributed by atoms with Crippen LogP contribution in [0.3, 0.4) is 0 Å². The molecule has 0 radical (unpaired) electrons. The van der Waals surface area contributed by atoms with Crippen molar-refractivity contribution in [2.45, 2.75) is 31.5 Å². The normalized spacial score (nSPS) is 37.4. The van der Waals surface area contributed by atoms with Gasteiger partial charge in [-0.15, -0.1) is 0 Å². The zero-order valence-electron chi connectivity index (χ0n) is 6.36. The van der Waals surface area contributed by atoms with E-state index in [1.54, 1.807) is 0 Å². The molecule has 64 valence electrons. The summed E-state index contributed by atoms with van der Waals surface area (Å²) >= 11 is 0. The highest BCUT2D eigenvalue weighted by Crippen LogP contribution is 2.26. The minimum Gasteiger partial charge on any atom is -0.350 e. The van der Waals surface area contributed by atoms with Gasteiger partial charge in [-0.25, -0.2) is 8.78 Å². The molecule has 2 nitrogen and oxygen atoms in total. The van der Waals surface area contributed by atoms with Crippen molar-refractivity contribution >= 4 is 5.91 Å². The Hall–Kier alpha value is -0.670. The molecule has 2 atom stereocenters. The van der Waals surface area contributed by atoms with E-state index in [0.29, 0.717) is 6.42 Å². The van der Waals surface area contributed by atoms with Gasteiger partial charge >= 0.3 is 0 Å². The second-order valence-electron chi connectivity index (χ2n) is 2.88. The molecular weight excluding hydrogens is 152 g/mol. The van der Waals surface area contributed by atoms with Crippen LogP contribution in [0.15, 0.2) is 0 Å². The van der Waals surface area contributed by atoms with Gasteiger partial charge in [-0.2, -0.15) is 0 Å². The highest BCUT2D eigenvalue weighted by molar-refractivity contribution is 5.87. The molecule has 1 aliphatic heterocycles. The fourth-order valence-electron chi connectivity index (χ4n) is 1.21. The standard InChI is InChI=1S/C7H11F2NO/c1-2-5-3-7(9,4-8)6(11)10-5/h5H,2-4H2,1H3,(H,10,11)/t5-,7?/m1/s1. The third-order valence-electron chi connectivity index (χ3n) is 2.02. The lowest BCUT2D eigenvalue weighted by Crippen LogP contribution is -2.35. The van der Waals surface area contributed by atoms with Crippen LogP contribution in [-0.2, 0) is 4.79 Å².